The van der Waals surface area contributed by atoms with Gasteiger partial charge in [0.15, 0.2) is 0 Å². The monoisotopic (exact) mass is 166 g/mol. The van der Waals surface area contributed by atoms with Crippen LogP contribution in [0.1, 0.15) is 26.2 Å². The predicted molar refractivity (Wildman–Crippen MR) is 45.7 cm³/mol. The Morgan fingerprint density at radius 1 is 1.67 bits per heavy atom. The van der Waals surface area contributed by atoms with Gasteiger partial charge in [-0.3, -0.25) is 4.79 Å². The van der Waals surface area contributed by atoms with Crippen molar-refractivity contribution in [3.8, 4) is 0 Å². The van der Waals surface area contributed by atoms with E-state index in [0.29, 0.717) is 18.3 Å². The lowest BCUT2D eigenvalue weighted by atomic mass is 9.75. The maximum absolute atomic E-state index is 10.6. The maximum atomic E-state index is 10.6. The summed E-state index contributed by atoms with van der Waals surface area (Å²) in [6.07, 6.45) is 7.04. The number of fused-ring (bicyclic) bond motifs is 2. The van der Waals surface area contributed by atoms with E-state index in [1.165, 1.54) is 6.42 Å². The predicted octanol–water partition coefficient (Wildman–Crippen LogP) is 2.06. The van der Waals surface area contributed by atoms with Crippen LogP contribution in [0.5, 0.6) is 0 Å². The van der Waals surface area contributed by atoms with E-state index < -0.39 is 5.97 Å². The van der Waals surface area contributed by atoms with Gasteiger partial charge in [-0.2, -0.15) is 0 Å². The smallest absolute Gasteiger partial charge is 0.303 e. The number of carbonyl (C=O) groups is 1. The first-order valence-corrected chi connectivity index (χ1v) is 4.50. The zero-order chi connectivity index (χ0) is 8.77. The summed E-state index contributed by atoms with van der Waals surface area (Å²) in [7, 11) is 0. The van der Waals surface area contributed by atoms with Gasteiger partial charge in [0.05, 0.1) is 6.42 Å². The molecule has 0 aromatic heterocycles. The molecule has 0 heterocycles. The van der Waals surface area contributed by atoms with Crippen molar-refractivity contribution in [2.24, 2.45) is 17.3 Å². The lowest BCUT2D eigenvalue weighted by Gasteiger charge is -2.29. The van der Waals surface area contributed by atoms with Gasteiger partial charge in [-0.25, -0.2) is 0 Å². The minimum Gasteiger partial charge on any atom is -0.481 e. The summed E-state index contributed by atoms with van der Waals surface area (Å²) in [6.45, 7) is 2.11. The summed E-state index contributed by atoms with van der Waals surface area (Å²) < 4.78 is 0. The molecule has 1 fully saturated rings. The van der Waals surface area contributed by atoms with Crippen molar-refractivity contribution in [3.05, 3.63) is 12.2 Å². The first kappa shape index (κ1) is 7.84. The lowest BCUT2D eigenvalue weighted by Crippen LogP contribution is -2.25. The molecule has 2 heteroatoms. The molecule has 0 radical (unpaired) electrons. The fourth-order valence-electron chi connectivity index (χ4n) is 2.74. The van der Waals surface area contributed by atoms with Crippen LogP contribution in [-0.2, 0) is 4.79 Å². The van der Waals surface area contributed by atoms with Gasteiger partial charge in [0.1, 0.15) is 0 Å². The molecule has 0 aromatic carbocycles. The summed E-state index contributed by atoms with van der Waals surface area (Å²) in [5.74, 6) is 0.538. The van der Waals surface area contributed by atoms with Crippen molar-refractivity contribution in [2.45, 2.75) is 26.2 Å². The quantitative estimate of drug-likeness (QED) is 0.637. The molecule has 12 heavy (non-hydrogen) atoms. The van der Waals surface area contributed by atoms with E-state index in [4.69, 9.17) is 5.11 Å². The summed E-state index contributed by atoms with van der Waals surface area (Å²) >= 11 is 0. The molecule has 0 amide bonds. The highest BCUT2D eigenvalue weighted by Gasteiger charge is 2.45. The van der Waals surface area contributed by atoms with E-state index in [2.05, 4.69) is 19.1 Å². The Bertz CT molecular complexity index is 244. The molecule has 2 bridgehead atoms. The number of hydrogen-bond acceptors (Lipinski definition) is 1. The third kappa shape index (κ3) is 1.06. The van der Waals surface area contributed by atoms with E-state index in [0.717, 1.165) is 6.42 Å². The molecule has 0 saturated heterocycles. The highest BCUT2D eigenvalue weighted by atomic mass is 16.4. The van der Waals surface area contributed by atoms with Crippen molar-refractivity contribution in [1.29, 1.82) is 0 Å². The third-order valence-corrected chi connectivity index (χ3v) is 3.35. The Kier molecular flexibility index (Phi) is 1.53. The molecular formula is C10H14O2. The highest BCUT2D eigenvalue weighted by Crippen LogP contribution is 2.53. The Labute approximate surface area is 72.3 Å². The number of allylic oxidation sites excluding steroid dienone is 2. The molecule has 66 valence electrons. The minimum absolute atomic E-state index is 0.0469. The molecule has 0 aliphatic heterocycles. The number of hydrogen-bond donors (Lipinski definition) is 1. The zero-order valence-corrected chi connectivity index (χ0v) is 7.29. The standard InChI is InChI=1S/C10H14O2/c1-10(6-9(11)12)5-7-2-3-8(10)4-7/h2-3,7-8H,4-6H2,1H3,(H,11,12). The fraction of sp³-hybridized carbons (Fsp3) is 0.700. The molecule has 0 aromatic rings. The molecule has 1 N–H and O–H groups in total. The Balaban J connectivity index is 2.13. The average molecular weight is 166 g/mol. The molecular weight excluding hydrogens is 152 g/mol. The van der Waals surface area contributed by atoms with E-state index >= 15 is 0 Å². The molecule has 2 aliphatic rings. The zero-order valence-electron chi connectivity index (χ0n) is 7.29. The molecule has 3 atom stereocenters. The van der Waals surface area contributed by atoms with Crippen LogP contribution in [0, 0.1) is 17.3 Å². The van der Waals surface area contributed by atoms with Gasteiger partial charge in [0.25, 0.3) is 0 Å². The largest absolute Gasteiger partial charge is 0.481 e. The van der Waals surface area contributed by atoms with E-state index in [1.54, 1.807) is 0 Å². The second kappa shape index (κ2) is 2.35. The number of carboxylic acid groups (broad SMARTS) is 1. The first-order chi connectivity index (χ1) is 5.60. The third-order valence-electron chi connectivity index (χ3n) is 3.35. The van der Waals surface area contributed by atoms with E-state index in [9.17, 15) is 4.79 Å². The van der Waals surface area contributed by atoms with E-state index in [-0.39, 0.29) is 5.41 Å². The molecule has 3 unspecified atom stereocenters. The lowest BCUT2D eigenvalue weighted by molar-refractivity contribution is -0.139. The first-order valence-electron chi connectivity index (χ1n) is 4.50. The summed E-state index contributed by atoms with van der Waals surface area (Å²) in [6, 6.07) is 0. The van der Waals surface area contributed by atoms with Crippen LogP contribution in [0.25, 0.3) is 0 Å². The van der Waals surface area contributed by atoms with Crippen LogP contribution in [-0.4, -0.2) is 11.1 Å². The van der Waals surface area contributed by atoms with E-state index in [1.807, 2.05) is 0 Å². The van der Waals surface area contributed by atoms with Crippen LogP contribution < -0.4 is 0 Å². The second-order valence-electron chi connectivity index (χ2n) is 4.42. The van der Waals surface area contributed by atoms with Crippen LogP contribution in [0.4, 0.5) is 0 Å². The Morgan fingerprint density at radius 2 is 2.42 bits per heavy atom. The van der Waals surface area contributed by atoms with Gasteiger partial charge in [-0.1, -0.05) is 19.1 Å². The molecule has 2 rings (SSSR count). The Hall–Kier alpha value is -0.790. The molecule has 2 aliphatic carbocycles. The van der Waals surface area contributed by atoms with Gasteiger partial charge < -0.3 is 5.11 Å². The van der Waals surface area contributed by atoms with Gasteiger partial charge in [-0.05, 0) is 30.1 Å². The molecule has 1 saturated carbocycles. The van der Waals surface area contributed by atoms with Crippen LogP contribution >= 0.6 is 0 Å². The van der Waals surface area contributed by atoms with Crippen molar-refractivity contribution in [3.63, 3.8) is 0 Å². The number of rotatable bonds is 2. The molecule has 2 nitrogen and oxygen atoms in total. The van der Waals surface area contributed by atoms with Crippen molar-refractivity contribution in [2.75, 3.05) is 0 Å². The second-order valence-corrected chi connectivity index (χ2v) is 4.42. The summed E-state index contributed by atoms with van der Waals surface area (Å²) in [5, 5.41) is 8.74. The summed E-state index contributed by atoms with van der Waals surface area (Å²) in [4.78, 5) is 10.6. The van der Waals surface area contributed by atoms with Gasteiger partial charge in [-0.15, -0.1) is 0 Å². The van der Waals surface area contributed by atoms with Crippen molar-refractivity contribution >= 4 is 5.97 Å². The van der Waals surface area contributed by atoms with Gasteiger partial charge >= 0.3 is 5.97 Å². The van der Waals surface area contributed by atoms with Gasteiger partial charge in [0.2, 0.25) is 0 Å². The summed E-state index contributed by atoms with van der Waals surface area (Å²) in [5.41, 5.74) is 0.0469. The van der Waals surface area contributed by atoms with Crippen molar-refractivity contribution in [1.82, 2.24) is 0 Å². The minimum atomic E-state index is -0.654. The molecule has 0 spiro atoms. The SMILES string of the molecule is CC1(CC(=O)O)CC2C=CC1C2. The highest BCUT2D eigenvalue weighted by molar-refractivity contribution is 5.68. The van der Waals surface area contributed by atoms with Gasteiger partial charge in [0, 0.05) is 0 Å². The van der Waals surface area contributed by atoms with Crippen molar-refractivity contribution < 1.29 is 9.90 Å². The normalized spacial score (nSPS) is 43.8. The number of carboxylic acids is 1. The Morgan fingerprint density at radius 3 is 2.83 bits per heavy atom. The van der Waals surface area contributed by atoms with Crippen LogP contribution in [0.15, 0.2) is 12.2 Å². The topological polar surface area (TPSA) is 37.3 Å². The average Bonchev–Trinajstić information content (AvgIpc) is 2.42. The van der Waals surface area contributed by atoms with Crippen LogP contribution in [0.3, 0.4) is 0 Å². The van der Waals surface area contributed by atoms with Crippen LogP contribution in [0.2, 0.25) is 0 Å². The number of aliphatic carboxylic acids is 1. The maximum Gasteiger partial charge on any atom is 0.303 e. The fourth-order valence-corrected chi connectivity index (χ4v) is 2.74.